The Balaban J connectivity index is 0.000000186. The van der Waals surface area contributed by atoms with Crippen molar-refractivity contribution < 1.29 is 9.53 Å². The fraction of sp³-hybridized carbons (Fsp3) is 0.629. The molecule has 0 saturated carbocycles. The van der Waals surface area contributed by atoms with Crippen molar-refractivity contribution in [1.82, 2.24) is 20.0 Å². The lowest BCUT2D eigenvalue weighted by molar-refractivity contribution is 0.0139. The molecule has 0 radical (unpaired) electrons. The number of benzene rings is 2. The zero-order chi connectivity index (χ0) is 31.8. The minimum absolute atomic E-state index is 0.210. The average molecular weight is 660 g/mol. The summed E-state index contributed by atoms with van der Waals surface area (Å²) in [5.41, 5.74) is 4.92. The van der Waals surface area contributed by atoms with Crippen molar-refractivity contribution in [2.24, 2.45) is 0 Å². The number of rotatable bonds is 6. The van der Waals surface area contributed by atoms with E-state index in [9.17, 15) is 4.79 Å². The SMILES string of the molecule is CC(C)(C)OC(=O)N1CCN(Cc2cc(Cl)ccc2N2CCCC2)CC1.Clc1ccc(N2CCCC2)c(CN2CCNCC2)c1. The zero-order valence-corrected chi connectivity index (χ0v) is 29.0. The van der Waals surface area contributed by atoms with Crippen LogP contribution in [0.5, 0.6) is 0 Å². The lowest BCUT2D eigenvalue weighted by Gasteiger charge is -2.36. The van der Waals surface area contributed by atoms with Crippen LogP contribution in [-0.4, -0.2) is 105 Å². The summed E-state index contributed by atoms with van der Waals surface area (Å²) in [4.78, 5) is 23.9. The van der Waals surface area contributed by atoms with Gasteiger partial charge in [-0.1, -0.05) is 23.2 Å². The van der Waals surface area contributed by atoms with Crippen molar-refractivity contribution in [1.29, 1.82) is 0 Å². The highest BCUT2D eigenvalue weighted by atomic mass is 35.5. The van der Waals surface area contributed by atoms with Crippen LogP contribution in [0.4, 0.5) is 16.2 Å². The number of nitrogens with one attached hydrogen (secondary N) is 1. The van der Waals surface area contributed by atoms with E-state index in [-0.39, 0.29) is 6.09 Å². The third-order valence-corrected chi connectivity index (χ3v) is 9.47. The minimum atomic E-state index is -0.445. The van der Waals surface area contributed by atoms with Gasteiger partial charge in [-0.2, -0.15) is 0 Å². The van der Waals surface area contributed by atoms with E-state index in [1.165, 1.54) is 61.3 Å². The van der Waals surface area contributed by atoms with Crippen molar-refractivity contribution >= 4 is 40.7 Å². The molecule has 0 unspecified atom stereocenters. The normalized spacial score (nSPS) is 19.9. The summed E-state index contributed by atoms with van der Waals surface area (Å²) in [6.07, 6.45) is 4.94. The second kappa shape index (κ2) is 16.1. The number of ether oxygens (including phenoxy) is 1. The van der Waals surface area contributed by atoms with E-state index in [4.69, 9.17) is 27.9 Å². The third-order valence-electron chi connectivity index (χ3n) is 9.00. The number of anilines is 2. The number of nitrogens with zero attached hydrogens (tertiary/aromatic N) is 5. The molecule has 2 aromatic carbocycles. The molecule has 4 fully saturated rings. The van der Waals surface area contributed by atoms with Crippen LogP contribution in [0, 0.1) is 0 Å². The topological polar surface area (TPSA) is 54.5 Å². The fourth-order valence-corrected chi connectivity index (χ4v) is 7.05. The molecule has 8 nitrogen and oxygen atoms in total. The van der Waals surface area contributed by atoms with E-state index in [1.54, 1.807) is 4.90 Å². The van der Waals surface area contributed by atoms with Gasteiger partial charge in [-0.15, -0.1) is 0 Å². The summed E-state index contributed by atoms with van der Waals surface area (Å²) in [6, 6.07) is 12.6. The van der Waals surface area contributed by atoms with Gasteiger partial charge >= 0.3 is 6.09 Å². The molecule has 1 amide bonds. The first-order chi connectivity index (χ1) is 21.6. The van der Waals surface area contributed by atoms with E-state index in [1.807, 2.05) is 32.9 Å². The molecule has 248 valence electrons. The molecule has 4 aliphatic rings. The van der Waals surface area contributed by atoms with Gasteiger partial charge in [0, 0.05) is 113 Å². The monoisotopic (exact) mass is 658 g/mol. The van der Waals surface area contributed by atoms with E-state index >= 15 is 0 Å². The lowest BCUT2D eigenvalue weighted by Crippen LogP contribution is -2.49. The molecule has 4 heterocycles. The van der Waals surface area contributed by atoms with Crippen molar-refractivity contribution in [3.63, 3.8) is 0 Å². The Morgan fingerprint density at radius 3 is 1.58 bits per heavy atom. The quantitative estimate of drug-likeness (QED) is 0.389. The third kappa shape index (κ3) is 10.1. The Kier molecular flexibility index (Phi) is 12.2. The Bertz CT molecular complexity index is 1250. The molecule has 4 saturated heterocycles. The molecule has 10 heteroatoms. The van der Waals surface area contributed by atoms with Gasteiger partial charge in [-0.05, 0) is 94.0 Å². The Morgan fingerprint density at radius 1 is 0.689 bits per heavy atom. The van der Waals surface area contributed by atoms with Crippen molar-refractivity contribution in [3.05, 3.63) is 57.6 Å². The molecule has 4 aliphatic heterocycles. The van der Waals surface area contributed by atoms with Gasteiger partial charge in [0.25, 0.3) is 0 Å². The molecule has 6 rings (SSSR count). The lowest BCUT2D eigenvalue weighted by atomic mass is 10.1. The van der Waals surface area contributed by atoms with Crippen LogP contribution >= 0.6 is 23.2 Å². The van der Waals surface area contributed by atoms with Crippen LogP contribution in [0.25, 0.3) is 0 Å². The molecule has 1 N–H and O–H groups in total. The number of amides is 1. The minimum Gasteiger partial charge on any atom is -0.444 e. The van der Waals surface area contributed by atoms with Crippen molar-refractivity contribution in [3.8, 4) is 0 Å². The largest absolute Gasteiger partial charge is 0.444 e. The molecule has 0 aliphatic carbocycles. The maximum absolute atomic E-state index is 12.2. The molecule has 45 heavy (non-hydrogen) atoms. The highest BCUT2D eigenvalue weighted by Gasteiger charge is 2.27. The molecule has 0 atom stereocenters. The summed E-state index contributed by atoms with van der Waals surface area (Å²) in [5, 5.41) is 5.05. The second-order valence-electron chi connectivity index (χ2n) is 13.7. The number of hydrogen-bond donors (Lipinski definition) is 1. The van der Waals surface area contributed by atoms with E-state index in [2.05, 4.69) is 49.2 Å². The van der Waals surface area contributed by atoms with Gasteiger partial charge in [0.05, 0.1) is 0 Å². The summed E-state index contributed by atoms with van der Waals surface area (Å²) in [6.45, 7) is 19.8. The van der Waals surface area contributed by atoms with Crippen molar-refractivity contribution in [2.45, 2.75) is 65.1 Å². The number of hydrogen-bond acceptors (Lipinski definition) is 7. The fourth-order valence-electron chi connectivity index (χ4n) is 6.66. The van der Waals surface area contributed by atoms with Gasteiger partial charge in [0.2, 0.25) is 0 Å². The molecule has 2 aromatic rings. The van der Waals surface area contributed by atoms with Gasteiger partial charge in [-0.3, -0.25) is 9.80 Å². The number of carbonyl (C=O) groups is 1. The summed E-state index contributed by atoms with van der Waals surface area (Å²) in [5.74, 6) is 0. The number of piperazine rings is 2. The molecular formula is C35H52Cl2N6O2. The number of carbonyl (C=O) groups excluding carboxylic acids is 1. The molecule has 0 spiro atoms. The van der Waals surface area contributed by atoms with Crippen LogP contribution in [0.1, 0.15) is 57.6 Å². The van der Waals surface area contributed by atoms with Crippen LogP contribution in [0.15, 0.2) is 36.4 Å². The van der Waals surface area contributed by atoms with Crippen LogP contribution < -0.4 is 15.1 Å². The van der Waals surface area contributed by atoms with Crippen LogP contribution in [0.3, 0.4) is 0 Å². The predicted octanol–water partition coefficient (Wildman–Crippen LogP) is 6.34. The van der Waals surface area contributed by atoms with E-state index < -0.39 is 5.60 Å². The maximum Gasteiger partial charge on any atom is 0.410 e. The number of halogens is 2. The first-order valence-electron chi connectivity index (χ1n) is 16.8. The second-order valence-corrected chi connectivity index (χ2v) is 14.6. The highest BCUT2D eigenvalue weighted by Crippen LogP contribution is 2.30. The van der Waals surface area contributed by atoms with Gasteiger partial charge in [-0.25, -0.2) is 4.79 Å². The zero-order valence-electron chi connectivity index (χ0n) is 27.5. The molecule has 0 aromatic heterocycles. The smallest absolute Gasteiger partial charge is 0.410 e. The summed E-state index contributed by atoms with van der Waals surface area (Å²) in [7, 11) is 0. The van der Waals surface area contributed by atoms with E-state index in [0.717, 1.165) is 75.5 Å². The van der Waals surface area contributed by atoms with E-state index in [0.29, 0.717) is 13.1 Å². The first kappa shape index (κ1) is 34.1. The van der Waals surface area contributed by atoms with Gasteiger partial charge in [0.15, 0.2) is 0 Å². The Labute approximate surface area is 280 Å². The highest BCUT2D eigenvalue weighted by molar-refractivity contribution is 6.31. The Morgan fingerprint density at radius 2 is 1.13 bits per heavy atom. The standard InChI is InChI=1S/C20H30ClN3O2.C15H22ClN3/c1-20(2,3)26-19(25)24-12-10-22(11-13-24)15-16-14-17(21)6-7-18(16)23-8-4-5-9-23;16-14-3-4-15(19-7-1-2-8-19)13(11-14)12-18-9-5-17-6-10-18/h6-7,14H,4-5,8-13,15H2,1-3H3;3-4,11,17H,1-2,5-10,12H2. The summed E-state index contributed by atoms with van der Waals surface area (Å²) >= 11 is 12.5. The Hall–Kier alpha value is -2.23. The first-order valence-corrected chi connectivity index (χ1v) is 17.6. The average Bonchev–Trinajstić information content (AvgIpc) is 3.73. The van der Waals surface area contributed by atoms with Gasteiger partial charge in [0.1, 0.15) is 5.60 Å². The molecule has 0 bridgehead atoms. The molecular weight excluding hydrogens is 607 g/mol. The predicted molar refractivity (Wildman–Crippen MR) is 187 cm³/mol. The van der Waals surface area contributed by atoms with Crippen LogP contribution in [-0.2, 0) is 17.8 Å². The van der Waals surface area contributed by atoms with Gasteiger partial charge < -0.3 is 24.8 Å². The maximum atomic E-state index is 12.2. The summed E-state index contributed by atoms with van der Waals surface area (Å²) < 4.78 is 5.48. The van der Waals surface area contributed by atoms with Crippen LogP contribution in [0.2, 0.25) is 10.0 Å². The van der Waals surface area contributed by atoms with Crippen molar-refractivity contribution in [2.75, 3.05) is 88.3 Å².